The summed E-state index contributed by atoms with van der Waals surface area (Å²) in [5.41, 5.74) is -0.462. The molecule has 1 spiro atoms. The summed E-state index contributed by atoms with van der Waals surface area (Å²) in [6, 6.07) is 4.95. The van der Waals surface area contributed by atoms with Crippen LogP contribution < -0.4 is 4.74 Å². The fourth-order valence-electron chi connectivity index (χ4n) is 3.15. The lowest BCUT2D eigenvalue weighted by Crippen LogP contribution is -2.55. The smallest absolute Gasteiger partial charge is 0.262 e. The number of nitrogens with zero attached hydrogens (tertiary/aromatic N) is 2. The summed E-state index contributed by atoms with van der Waals surface area (Å²) in [6.07, 6.45) is 1.66. The molecule has 0 saturated carbocycles. The highest BCUT2D eigenvalue weighted by Gasteiger charge is 2.46. The van der Waals surface area contributed by atoms with Crippen LogP contribution in [0.3, 0.4) is 0 Å². The van der Waals surface area contributed by atoms with E-state index in [1.54, 1.807) is 18.2 Å². The van der Waals surface area contributed by atoms with E-state index >= 15 is 0 Å². The Hall–Kier alpha value is -1.01. The van der Waals surface area contributed by atoms with Crippen LogP contribution >= 0.6 is 23.2 Å². The molecule has 5 nitrogen and oxygen atoms in total. The van der Waals surface area contributed by atoms with E-state index in [1.807, 2.05) is 4.90 Å². The average molecular weight is 359 g/mol. The molecule has 0 unspecified atom stereocenters. The molecule has 2 saturated heterocycles. The number of hydrogen-bond acceptors (Lipinski definition) is 4. The fourth-order valence-corrected chi connectivity index (χ4v) is 3.62. The first kappa shape index (κ1) is 16.8. The molecule has 0 aromatic heterocycles. The molecule has 3 rings (SSSR count). The van der Waals surface area contributed by atoms with Crippen molar-refractivity contribution in [2.24, 2.45) is 0 Å². The molecule has 126 valence electrons. The van der Waals surface area contributed by atoms with Crippen LogP contribution in [0.25, 0.3) is 0 Å². The quantitative estimate of drug-likeness (QED) is 0.832. The van der Waals surface area contributed by atoms with Crippen LogP contribution in [0.15, 0.2) is 18.2 Å². The second kappa shape index (κ2) is 6.85. The van der Waals surface area contributed by atoms with E-state index in [-0.39, 0.29) is 12.5 Å². The lowest BCUT2D eigenvalue weighted by atomic mass is 9.99. The van der Waals surface area contributed by atoms with E-state index in [9.17, 15) is 4.79 Å². The van der Waals surface area contributed by atoms with Crippen molar-refractivity contribution >= 4 is 29.1 Å². The predicted molar refractivity (Wildman–Crippen MR) is 89.1 cm³/mol. The third-order valence-corrected chi connectivity index (χ3v) is 5.02. The molecule has 1 aromatic rings. The lowest BCUT2D eigenvalue weighted by molar-refractivity contribution is -0.159. The number of amides is 1. The summed E-state index contributed by atoms with van der Waals surface area (Å²) >= 11 is 11.9. The first-order chi connectivity index (χ1) is 11.0. The van der Waals surface area contributed by atoms with Gasteiger partial charge in [-0.1, -0.05) is 23.2 Å². The van der Waals surface area contributed by atoms with Gasteiger partial charge in [-0.05, 0) is 25.2 Å². The Bertz CT molecular complexity index is 589. The molecule has 2 aliphatic rings. The molecule has 0 radical (unpaired) electrons. The SMILES string of the molecule is CN1CCC2(CC1)OCCN2C(=O)COc1ccc(Cl)cc1Cl. The number of halogens is 2. The van der Waals surface area contributed by atoms with Crippen molar-refractivity contribution in [3.63, 3.8) is 0 Å². The van der Waals surface area contributed by atoms with Gasteiger partial charge in [0.15, 0.2) is 6.61 Å². The van der Waals surface area contributed by atoms with Crippen molar-refractivity contribution in [2.45, 2.75) is 18.6 Å². The molecule has 2 heterocycles. The monoisotopic (exact) mass is 358 g/mol. The third-order valence-electron chi connectivity index (χ3n) is 4.49. The molecule has 0 bridgehead atoms. The summed E-state index contributed by atoms with van der Waals surface area (Å²) in [5, 5.41) is 0.934. The number of benzene rings is 1. The van der Waals surface area contributed by atoms with Gasteiger partial charge >= 0.3 is 0 Å². The Morgan fingerprint density at radius 2 is 2.04 bits per heavy atom. The largest absolute Gasteiger partial charge is 0.482 e. The number of hydrogen-bond donors (Lipinski definition) is 0. The maximum absolute atomic E-state index is 12.6. The van der Waals surface area contributed by atoms with Gasteiger partial charge in [0.25, 0.3) is 5.91 Å². The average Bonchev–Trinajstić information content (AvgIpc) is 2.93. The molecule has 0 atom stereocenters. The first-order valence-corrected chi connectivity index (χ1v) is 8.47. The Labute approximate surface area is 146 Å². The topological polar surface area (TPSA) is 42.0 Å². The summed E-state index contributed by atoms with van der Waals surface area (Å²) in [7, 11) is 2.08. The van der Waals surface area contributed by atoms with E-state index in [1.165, 1.54) is 0 Å². The molecule has 0 N–H and O–H groups in total. The van der Waals surface area contributed by atoms with Crippen molar-refractivity contribution in [3.05, 3.63) is 28.2 Å². The molecule has 2 fully saturated rings. The minimum atomic E-state index is -0.462. The zero-order chi connectivity index (χ0) is 16.4. The lowest BCUT2D eigenvalue weighted by Gasteiger charge is -2.42. The molecule has 7 heteroatoms. The first-order valence-electron chi connectivity index (χ1n) is 7.71. The highest BCUT2D eigenvalue weighted by atomic mass is 35.5. The van der Waals surface area contributed by atoms with Gasteiger partial charge in [0.05, 0.1) is 11.6 Å². The van der Waals surface area contributed by atoms with Gasteiger partial charge in [-0.2, -0.15) is 0 Å². The highest BCUT2D eigenvalue weighted by molar-refractivity contribution is 6.35. The van der Waals surface area contributed by atoms with Gasteiger partial charge < -0.3 is 19.3 Å². The zero-order valence-electron chi connectivity index (χ0n) is 13.1. The van der Waals surface area contributed by atoms with Crippen molar-refractivity contribution in [2.75, 3.05) is 39.9 Å². The van der Waals surface area contributed by atoms with Gasteiger partial charge in [0.1, 0.15) is 11.5 Å². The molecule has 0 aliphatic carbocycles. The second-order valence-corrected chi connectivity index (χ2v) is 6.85. The van der Waals surface area contributed by atoms with Crippen LogP contribution in [0, 0.1) is 0 Å². The molecule has 23 heavy (non-hydrogen) atoms. The van der Waals surface area contributed by atoms with Gasteiger partial charge in [-0.3, -0.25) is 4.79 Å². The molecular weight excluding hydrogens is 339 g/mol. The van der Waals surface area contributed by atoms with Crippen LogP contribution in [0.1, 0.15) is 12.8 Å². The van der Waals surface area contributed by atoms with E-state index in [4.69, 9.17) is 32.7 Å². The zero-order valence-corrected chi connectivity index (χ0v) is 14.6. The summed E-state index contributed by atoms with van der Waals surface area (Å²) in [6.45, 7) is 2.99. The van der Waals surface area contributed by atoms with Crippen LogP contribution in [-0.2, 0) is 9.53 Å². The standard InChI is InChI=1S/C16H20Cl2N2O3/c1-19-6-4-16(5-7-19)20(8-9-23-16)15(21)11-22-14-3-2-12(17)10-13(14)18/h2-3,10H,4-9,11H2,1H3. The van der Waals surface area contributed by atoms with E-state index in [0.29, 0.717) is 28.9 Å². The van der Waals surface area contributed by atoms with E-state index in [2.05, 4.69) is 11.9 Å². The number of carbonyl (C=O) groups excluding carboxylic acids is 1. The fraction of sp³-hybridized carbons (Fsp3) is 0.562. The number of piperidine rings is 1. The number of ether oxygens (including phenoxy) is 2. The van der Waals surface area contributed by atoms with Gasteiger partial charge in [-0.15, -0.1) is 0 Å². The highest BCUT2D eigenvalue weighted by Crippen LogP contribution is 2.34. The third kappa shape index (κ3) is 3.58. The Morgan fingerprint density at radius 1 is 1.30 bits per heavy atom. The van der Waals surface area contributed by atoms with Crippen LogP contribution in [0.5, 0.6) is 5.75 Å². The summed E-state index contributed by atoms with van der Waals surface area (Å²) in [4.78, 5) is 16.7. The number of rotatable bonds is 3. The van der Waals surface area contributed by atoms with E-state index < -0.39 is 5.72 Å². The number of carbonyl (C=O) groups is 1. The summed E-state index contributed by atoms with van der Waals surface area (Å²) in [5.74, 6) is 0.389. The molecular formula is C16H20Cl2N2O3. The van der Waals surface area contributed by atoms with Crippen LogP contribution in [0.4, 0.5) is 0 Å². The van der Waals surface area contributed by atoms with Crippen molar-refractivity contribution in [1.29, 1.82) is 0 Å². The molecule has 2 aliphatic heterocycles. The summed E-state index contributed by atoms with van der Waals surface area (Å²) < 4.78 is 11.5. The normalized spacial score (nSPS) is 20.9. The van der Waals surface area contributed by atoms with Gasteiger partial charge in [0, 0.05) is 37.5 Å². The van der Waals surface area contributed by atoms with Gasteiger partial charge in [0.2, 0.25) is 0 Å². The van der Waals surface area contributed by atoms with Crippen molar-refractivity contribution in [3.8, 4) is 5.75 Å². The van der Waals surface area contributed by atoms with Crippen molar-refractivity contribution in [1.82, 2.24) is 9.80 Å². The Kier molecular flexibility index (Phi) is 5.01. The number of likely N-dealkylation sites (tertiary alicyclic amines) is 1. The van der Waals surface area contributed by atoms with Gasteiger partial charge in [-0.25, -0.2) is 0 Å². The Morgan fingerprint density at radius 3 is 2.74 bits per heavy atom. The van der Waals surface area contributed by atoms with E-state index in [0.717, 1.165) is 25.9 Å². The van der Waals surface area contributed by atoms with Crippen molar-refractivity contribution < 1.29 is 14.3 Å². The molecule has 1 aromatic carbocycles. The maximum Gasteiger partial charge on any atom is 0.262 e. The minimum Gasteiger partial charge on any atom is -0.482 e. The minimum absolute atomic E-state index is 0.0533. The second-order valence-electron chi connectivity index (χ2n) is 6.01. The molecule has 1 amide bonds. The predicted octanol–water partition coefficient (Wildman–Crippen LogP) is 2.65. The van der Waals surface area contributed by atoms with Crippen LogP contribution in [-0.4, -0.2) is 61.3 Å². The Balaban J connectivity index is 1.63. The van der Waals surface area contributed by atoms with Crippen LogP contribution in [0.2, 0.25) is 10.0 Å². The maximum atomic E-state index is 12.6.